The molecule has 30 heavy (non-hydrogen) atoms. The molecule has 0 fully saturated rings. The summed E-state index contributed by atoms with van der Waals surface area (Å²) >= 11 is 4.47. The molecule has 4 rings (SSSR count). The largest absolute Gasteiger partial charge is 0.481 e. The normalized spacial score (nSPS) is 12.4. The molecule has 150 valence electrons. The smallest absolute Gasteiger partial charge is 0.304 e. The Morgan fingerprint density at radius 1 is 0.867 bits per heavy atom. The maximum absolute atomic E-state index is 11.2. The van der Waals surface area contributed by atoms with Crippen LogP contribution in [0.15, 0.2) is 104 Å². The highest BCUT2D eigenvalue weighted by Crippen LogP contribution is 2.41. The maximum atomic E-state index is 11.2. The van der Waals surface area contributed by atoms with Crippen molar-refractivity contribution in [3.8, 4) is 0 Å². The number of aromatic nitrogens is 2. The van der Waals surface area contributed by atoms with E-state index in [0.717, 1.165) is 16.7 Å². The SMILES string of the molecule is O=C(O)CC(S)c1cn(C(c2ccccc2)(c2ccccc2)c2ccccc2)cn1. The van der Waals surface area contributed by atoms with E-state index in [1.165, 1.54) is 0 Å². The van der Waals surface area contributed by atoms with Crippen LogP contribution in [0.5, 0.6) is 0 Å². The van der Waals surface area contributed by atoms with Gasteiger partial charge in [-0.1, -0.05) is 91.0 Å². The molecule has 0 saturated heterocycles. The van der Waals surface area contributed by atoms with E-state index in [4.69, 9.17) is 5.11 Å². The molecule has 1 unspecified atom stereocenters. The minimum Gasteiger partial charge on any atom is -0.481 e. The van der Waals surface area contributed by atoms with E-state index < -0.39 is 16.8 Å². The van der Waals surface area contributed by atoms with Crippen LogP contribution in [-0.2, 0) is 10.3 Å². The molecule has 0 radical (unpaired) electrons. The third kappa shape index (κ3) is 3.64. The number of thiol groups is 1. The van der Waals surface area contributed by atoms with Gasteiger partial charge in [0.1, 0.15) is 5.54 Å². The van der Waals surface area contributed by atoms with Crippen molar-refractivity contribution in [2.75, 3.05) is 0 Å². The average molecular weight is 415 g/mol. The summed E-state index contributed by atoms with van der Waals surface area (Å²) in [5, 5.41) is 8.68. The molecule has 0 aliphatic rings. The molecule has 0 aliphatic carbocycles. The predicted molar refractivity (Wildman–Crippen MR) is 121 cm³/mol. The molecule has 4 nitrogen and oxygen atoms in total. The van der Waals surface area contributed by atoms with Crippen molar-refractivity contribution in [3.63, 3.8) is 0 Å². The second-order valence-corrected chi connectivity index (χ2v) is 7.75. The lowest BCUT2D eigenvalue weighted by molar-refractivity contribution is -0.137. The second-order valence-electron chi connectivity index (χ2n) is 7.13. The summed E-state index contributed by atoms with van der Waals surface area (Å²) in [5.74, 6) is -0.898. The molecule has 1 N–H and O–H groups in total. The average Bonchev–Trinajstić information content (AvgIpc) is 3.27. The zero-order chi connectivity index (χ0) is 21.0. The van der Waals surface area contributed by atoms with Gasteiger partial charge >= 0.3 is 5.97 Å². The first-order valence-electron chi connectivity index (χ1n) is 9.73. The zero-order valence-corrected chi connectivity index (χ0v) is 17.2. The first-order valence-corrected chi connectivity index (χ1v) is 10.2. The first-order chi connectivity index (χ1) is 14.6. The van der Waals surface area contributed by atoms with Crippen molar-refractivity contribution in [1.29, 1.82) is 0 Å². The van der Waals surface area contributed by atoms with Gasteiger partial charge in [-0.25, -0.2) is 4.98 Å². The van der Waals surface area contributed by atoms with Gasteiger partial charge in [-0.05, 0) is 16.7 Å². The number of hydrogen-bond donors (Lipinski definition) is 2. The second kappa shape index (κ2) is 8.59. The van der Waals surface area contributed by atoms with E-state index in [1.54, 1.807) is 6.33 Å². The fourth-order valence-electron chi connectivity index (χ4n) is 3.95. The number of nitrogens with zero attached hydrogens (tertiary/aromatic N) is 2. The Morgan fingerprint density at radius 2 is 1.30 bits per heavy atom. The van der Waals surface area contributed by atoms with Gasteiger partial charge in [-0.2, -0.15) is 12.6 Å². The number of rotatable bonds is 7. The third-order valence-corrected chi connectivity index (χ3v) is 5.72. The van der Waals surface area contributed by atoms with Gasteiger partial charge in [0, 0.05) is 6.20 Å². The molecule has 0 saturated carbocycles. The molecular formula is C25H22N2O2S. The fourth-order valence-corrected chi connectivity index (χ4v) is 4.24. The van der Waals surface area contributed by atoms with Gasteiger partial charge in [0.2, 0.25) is 0 Å². The molecule has 0 amide bonds. The number of imidazole rings is 1. The Balaban J connectivity index is 1.99. The molecule has 1 aromatic heterocycles. The number of benzene rings is 3. The highest BCUT2D eigenvalue weighted by atomic mass is 32.1. The molecule has 4 aromatic rings. The van der Waals surface area contributed by atoms with Crippen LogP contribution in [0.4, 0.5) is 0 Å². The number of hydrogen-bond acceptors (Lipinski definition) is 3. The Morgan fingerprint density at radius 3 is 1.70 bits per heavy atom. The number of carboxylic acids is 1. The van der Waals surface area contributed by atoms with Crippen molar-refractivity contribution in [1.82, 2.24) is 9.55 Å². The standard InChI is InChI=1S/C25H22N2O2S/c28-24(29)16-23(30)22-17-27(18-26-22)25(19-10-4-1-5-11-19,20-12-6-2-7-13-20)21-14-8-3-9-15-21/h1-15,17-18,23,30H,16H2,(H,28,29). The van der Waals surface area contributed by atoms with Crippen molar-refractivity contribution in [3.05, 3.63) is 126 Å². The van der Waals surface area contributed by atoms with Gasteiger partial charge in [0.05, 0.1) is 23.7 Å². The minimum atomic E-state index is -0.898. The summed E-state index contributed by atoms with van der Waals surface area (Å²) in [6.07, 6.45) is 3.59. The van der Waals surface area contributed by atoms with E-state index in [1.807, 2.05) is 60.8 Å². The third-order valence-electron chi connectivity index (χ3n) is 5.27. The van der Waals surface area contributed by atoms with Crippen molar-refractivity contribution in [2.45, 2.75) is 17.2 Å². The van der Waals surface area contributed by atoms with E-state index in [-0.39, 0.29) is 6.42 Å². The summed E-state index contributed by atoms with van der Waals surface area (Å²) in [5.41, 5.74) is 3.22. The molecule has 3 aromatic carbocycles. The Kier molecular flexibility index (Phi) is 5.72. The summed E-state index contributed by atoms with van der Waals surface area (Å²) in [6, 6.07) is 30.8. The van der Waals surface area contributed by atoms with Crippen LogP contribution in [-0.4, -0.2) is 20.6 Å². The van der Waals surface area contributed by atoms with Gasteiger partial charge in [-0.3, -0.25) is 4.79 Å². The van der Waals surface area contributed by atoms with Crippen LogP contribution >= 0.6 is 12.6 Å². The number of carbonyl (C=O) groups is 1. The van der Waals surface area contributed by atoms with E-state index >= 15 is 0 Å². The summed E-state index contributed by atoms with van der Waals surface area (Å²) in [6.45, 7) is 0. The molecule has 0 bridgehead atoms. The molecular weight excluding hydrogens is 392 g/mol. The molecule has 0 spiro atoms. The quantitative estimate of drug-likeness (QED) is 0.324. The lowest BCUT2D eigenvalue weighted by Crippen LogP contribution is -2.36. The van der Waals surface area contributed by atoms with E-state index in [9.17, 15) is 4.79 Å². The molecule has 5 heteroatoms. The first kappa shape index (κ1) is 20.0. The number of aliphatic carboxylic acids is 1. The van der Waals surface area contributed by atoms with Crippen LogP contribution in [0.1, 0.15) is 34.1 Å². The van der Waals surface area contributed by atoms with Crippen LogP contribution in [0, 0.1) is 0 Å². The Hall–Kier alpha value is -3.31. The van der Waals surface area contributed by atoms with Crippen molar-refractivity contribution >= 4 is 18.6 Å². The maximum Gasteiger partial charge on any atom is 0.304 e. The van der Waals surface area contributed by atoms with Crippen LogP contribution in [0.2, 0.25) is 0 Å². The van der Waals surface area contributed by atoms with Gasteiger partial charge in [0.25, 0.3) is 0 Å². The highest BCUT2D eigenvalue weighted by Gasteiger charge is 2.38. The Bertz CT molecular complexity index is 1010. The van der Waals surface area contributed by atoms with Gasteiger partial charge in [-0.15, -0.1) is 0 Å². The van der Waals surface area contributed by atoms with Crippen molar-refractivity contribution in [2.24, 2.45) is 0 Å². The van der Waals surface area contributed by atoms with E-state index in [2.05, 4.69) is 58.6 Å². The van der Waals surface area contributed by atoms with Crippen LogP contribution < -0.4 is 0 Å². The van der Waals surface area contributed by atoms with Crippen LogP contribution in [0.25, 0.3) is 0 Å². The Labute approximate surface area is 181 Å². The lowest BCUT2D eigenvalue weighted by Gasteiger charge is -2.37. The summed E-state index contributed by atoms with van der Waals surface area (Å²) in [7, 11) is 0. The monoisotopic (exact) mass is 414 g/mol. The van der Waals surface area contributed by atoms with Crippen LogP contribution in [0.3, 0.4) is 0 Å². The number of carboxylic acid groups (broad SMARTS) is 1. The fraction of sp³-hybridized carbons (Fsp3) is 0.120. The van der Waals surface area contributed by atoms with Gasteiger partial charge in [0.15, 0.2) is 0 Å². The summed E-state index contributed by atoms with van der Waals surface area (Å²) in [4.78, 5) is 15.7. The predicted octanol–water partition coefficient (Wildman–Crippen LogP) is 5.17. The molecule has 0 aliphatic heterocycles. The summed E-state index contributed by atoms with van der Waals surface area (Å²) < 4.78 is 2.06. The minimum absolute atomic E-state index is 0.0882. The van der Waals surface area contributed by atoms with E-state index in [0.29, 0.717) is 5.69 Å². The molecule has 1 atom stereocenters. The van der Waals surface area contributed by atoms with Crippen molar-refractivity contribution < 1.29 is 9.90 Å². The van der Waals surface area contributed by atoms with Gasteiger partial charge < -0.3 is 9.67 Å². The highest BCUT2D eigenvalue weighted by molar-refractivity contribution is 7.80. The zero-order valence-electron chi connectivity index (χ0n) is 16.3. The topological polar surface area (TPSA) is 55.1 Å². The lowest BCUT2D eigenvalue weighted by atomic mass is 9.77. The molecule has 1 heterocycles.